The summed E-state index contributed by atoms with van der Waals surface area (Å²) in [4.78, 5) is 31.1. The summed E-state index contributed by atoms with van der Waals surface area (Å²) in [5.41, 5.74) is 7.45. The Morgan fingerprint density at radius 2 is 1.83 bits per heavy atom. The van der Waals surface area contributed by atoms with Crippen LogP contribution in [0, 0.1) is 0 Å². The number of aliphatic hydroxyl groups excluding tert-OH is 1. The van der Waals surface area contributed by atoms with Crippen molar-refractivity contribution in [3.8, 4) is 22.3 Å². The molecule has 0 aliphatic heterocycles. The SMILES string of the molecule is Cn1cc(-c2cc(=O)n(CCO)cc2-c2ccccc2)c2cc(C(C=NC(F)(F)F)=CN)[nH]c2c1=O. The van der Waals surface area contributed by atoms with Crippen molar-refractivity contribution >= 4 is 22.7 Å². The molecule has 0 aliphatic rings. The number of nitrogens with one attached hydrogen (secondary N) is 1. The van der Waals surface area contributed by atoms with Gasteiger partial charge in [-0.1, -0.05) is 30.3 Å². The molecule has 0 saturated carbocycles. The number of aromatic amines is 1. The fourth-order valence-electron chi connectivity index (χ4n) is 3.98. The summed E-state index contributed by atoms with van der Waals surface area (Å²) in [5.74, 6) is 0. The number of benzene rings is 1. The van der Waals surface area contributed by atoms with E-state index < -0.39 is 11.9 Å². The van der Waals surface area contributed by atoms with Gasteiger partial charge in [-0.15, -0.1) is 13.2 Å². The zero-order valence-electron chi connectivity index (χ0n) is 19.1. The van der Waals surface area contributed by atoms with Gasteiger partial charge in [0.1, 0.15) is 5.52 Å². The van der Waals surface area contributed by atoms with Crippen LogP contribution in [0.2, 0.25) is 0 Å². The van der Waals surface area contributed by atoms with E-state index in [1.807, 2.05) is 30.3 Å². The molecule has 1 aromatic carbocycles. The van der Waals surface area contributed by atoms with E-state index in [0.29, 0.717) is 28.3 Å². The molecule has 0 bridgehead atoms. The molecular weight excluding hydrogens is 475 g/mol. The number of fused-ring (bicyclic) bond motifs is 1. The maximum Gasteiger partial charge on any atom is 0.503 e. The zero-order valence-corrected chi connectivity index (χ0v) is 19.1. The molecule has 0 saturated heterocycles. The topological polar surface area (TPSA) is 118 Å². The minimum atomic E-state index is -4.79. The second kappa shape index (κ2) is 9.70. The van der Waals surface area contributed by atoms with E-state index in [4.69, 9.17) is 5.73 Å². The molecule has 4 rings (SSSR count). The molecule has 0 radical (unpaired) electrons. The van der Waals surface area contributed by atoms with Crippen molar-refractivity contribution in [3.05, 3.63) is 87.5 Å². The molecule has 3 heterocycles. The maximum atomic E-state index is 12.9. The fraction of sp³-hybridized carbons (Fsp3) is 0.160. The van der Waals surface area contributed by atoms with Crippen LogP contribution in [0.1, 0.15) is 5.69 Å². The molecule has 4 N–H and O–H groups in total. The number of halogens is 3. The third-order valence-corrected chi connectivity index (χ3v) is 5.65. The standard InChI is InChI=1S/C25H22F3N5O3/c1-32-13-20(17-10-22(35)33(7-8-34)14-19(17)15-5-3-2-4-6-15)18-9-21(31-23(18)24(32)36)16(11-29)12-30-25(26,27)28/h2-6,9-14,31,34H,7-8,29H2,1H3. The van der Waals surface area contributed by atoms with Gasteiger partial charge in [0.05, 0.1) is 6.61 Å². The summed E-state index contributed by atoms with van der Waals surface area (Å²) >= 11 is 0. The number of pyridine rings is 2. The van der Waals surface area contributed by atoms with Gasteiger partial charge in [0.25, 0.3) is 11.1 Å². The number of hydrogen-bond acceptors (Lipinski definition) is 5. The highest BCUT2D eigenvalue weighted by atomic mass is 19.4. The summed E-state index contributed by atoms with van der Waals surface area (Å²) in [6.07, 6.45) is -0.0645. The van der Waals surface area contributed by atoms with Gasteiger partial charge in [-0.25, -0.2) is 0 Å². The average Bonchev–Trinajstić information content (AvgIpc) is 3.28. The Balaban J connectivity index is 2.01. The third kappa shape index (κ3) is 4.86. The maximum absolute atomic E-state index is 12.9. The van der Waals surface area contributed by atoms with Crippen LogP contribution in [0.5, 0.6) is 0 Å². The van der Waals surface area contributed by atoms with Crippen molar-refractivity contribution in [2.24, 2.45) is 17.8 Å². The number of nitrogens with zero attached hydrogens (tertiary/aromatic N) is 3. The number of alkyl halides is 3. The minimum Gasteiger partial charge on any atom is -0.404 e. The van der Waals surface area contributed by atoms with E-state index in [1.165, 1.54) is 28.3 Å². The van der Waals surface area contributed by atoms with Crippen LogP contribution < -0.4 is 16.9 Å². The second-order valence-corrected chi connectivity index (χ2v) is 8.00. The lowest BCUT2D eigenvalue weighted by atomic mass is 9.95. The molecule has 11 heteroatoms. The third-order valence-electron chi connectivity index (χ3n) is 5.65. The van der Waals surface area contributed by atoms with Crippen molar-refractivity contribution in [1.29, 1.82) is 0 Å². The average molecular weight is 497 g/mol. The fourth-order valence-corrected chi connectivity index (χ4v) is 3.98. The van der Waals surface area contributed by atoms with E-state index in [-0.39, 0.29) is 35.5 Å². The van der Waals surface area contributed by atoms with Crippen LogP contribution in [0.15, 0.2) is 75.6 Å². The van der Waals surface area contributed by atoms with E-state index in [1.54, 1.807) is 12.4 Å². The van der Waals surface area contributed by atoms with Crippen LogP contribution in [-0.2, 0) is 13.6 Å². The molecule has 0 spiro atoms. The number of allylic oxidation sites excluding steroid dienone is 1. The number of aliphatic imine (C=N–C) groups is 1. The number of aromatic nitrogens is 3. The van der Waals surface area contributed by atoms with E-state index in [0.717, 1.165) is 11.8 Å². The first-order chi connectivity index (χ1) is 17.1. The minimum absolute atomic E-state index is 0.0711. The van der Waals surface area contributed by atoms with Crippen LogP contribution >= 0.6 is 0 Å². The predicted molar refractivity (Wildman–Crippen MR) is 132 cm³/mol. The molecule has 0 aliphatic carbocycles. The number of rotatable bonds is 6. The predicted octanol–water partition coefficient (Wildman–Crippen LogP) is 3.24. The highest BCUT2D eigenvalue weighted by Gasteiger charge is 2.25. The zero-order chi connectivity index (χ0) is 26.0. The Morgan fingerprint density at radius 3 is 2.47 bits per heavy atom. The van der Waals surface area contributed by atoms with Crippen LogP contribution in [0.4, 0.5) is 13.2 Å². The van der Waals surface area contributed by atoms with Gasteiger partial charge >= 0.3 is 6.30 Å². The number of aliphatic hydroxyl groups is 1. The van der Waals surface area contributed by atoms with Gasteiger partial charge in [-0.3, -0.25) is 9.59 Å². The largest absolute Gasteiger partial charge is 0.503 e. The summed E-state index contributed by atoms with van der Waals surface area (Å²) < 4.78 is 40.6. The molecule has 0 fully saturated rings. The summed E-state index contributed by atoms with van der Waals surface area (Å²) in [6, 6.07) is 12.1. The van der Waals surface area contributed by atoms with Crippen LogP contribution in [-0.4, -0.2) is 38.3 Å². The number of H-pyrrole nitrogens is 1. The first kappa shape index (κ1) is 24.7. The molecule has 3 aromatic heterocycles. The van der Waals surface area contributed by atoms with E-state index >= 15 is 0 Å². The Bertz CT molecular complexity index is 1600. The lowest BCUT2D eigenvalue weighted by molar-refractivity contribution is -0.118. The normalized spacial score (nSPS) is 12.6. The Hall–Kier alpha value is -4.38. The van der Waals surface area contributed by atoms with Gasteiger partial charge in [0.15, 0.2) is 0 Å². The molecule has 0 unspecified atom stereocenters. The number of aryl methyl sites for hydroxylation is 1. The van der Waals surface area contributed by atoms with Crippen molar-refractivity contribution in [2.75, 3.05) is 6.61 Å². The first-order valence-corrected chi connectivity index (χ1v) is 10.8. The second-order valence-electron chi connectivity index (χ2n) is 8.00. The molecule has 36 heavy (non-hydrogen) atoms. The van der Waals surface area contributed by atoms with Gasteiger partial charge in [-0.05, 0) is 17.2 Å². The van der Waals surface area contributed by atoms with Crippen LogP contribution in [0.3, 0.4) is 0 Å². The Labute approximate surface area is 202 Å². The van der Waals surface area contributed by atoms with Crippen LogP contribution in [0.25, 0.3) is 38.7 Å². The highest BCUT2D eigenvalue weighted by molar-refractivity contribution is 6.11. The summed E-state index contributed by atoms with van der Waals surface area (Å²) in [5, 5.41) is 9.77. The molecule has 0 amide bonds. The molecule has 0 atom stereocenters. The summed E-state index contributed by atoms with van der Waals surface area (Å²) in [7, 11) is 1.53. The van der Waals surface area contributed by atoms with Gasteiger partial charge in [0.2, 0.25) is 0 Å². The Kier molecular flexibility index (Phi) is 6.67. The summed E-state index contributed by atoms with van der Waals surface area (Å²) in [6.45, 7) is -0.133. The smallest absolute Gasteiger partial charge is 0.404 e. The molecular formula is C25H22F3N5O3. The molecule has 4 aromatic rings. The van der Waals surface area contributed by atoms with Crippen molar-refractivity contribution in [2.45, 2.75) is 12.8 Å². The molecule has 8 nitrogen and oxygen atoms in total. The monoisotopic (exact) mass is 497 g/mol. The molecule has 186 valence electrons. The van der Waals surface area contributed by atoms with Crippen molar-refractivity contribution in [1.82, 2.24) is 14.1 Å². The highest BCUT2D eigenvalue weighted by Crippen LogP contribution is 2.35. The van der Waals surface area contributed by atoms with E-state index in [2.05, 4.69) is 9.98 Å². The number of hydrogen-bond donors (Lipinski definition) is 3. The lowest BCUT2D eigenvalue weighted by Gasteiger charge is -2.15. The van der Waals surface area contributed by atoms with Gasteiger partial charge < -0.3 is 25.0 Å². The lowest BCUT2D eigenvalue weighted by Crippen LogP contribution is -2.21. The first-order valence-electron chi connectivity index (χ1n) is 10.8. The van der Waals surface area contributed by atoms with Gasteiger partial charge in [0, 0.05) is 72.2 Å². The van der Waals surface area contributed by atoms with Gasteiger partial charge in [-0.2, -0.15) is 4.99 Å². The Morgan fingerprint density at radius 1 is 1.11 bits per heavy atom. The van der Waals surface area contributed by atoms with Crippen molar-refractivity contribution < 1.29 is 18.3 Å². The van der Waals surface area contributed by atoms with E-state index in [9.17, 15) is 27.9 Å². The van der Waals surface area contributed by atoms with Crippen molar-refractivity contribution in [3.63, 3.8) is 0 Å². The number of nitrogens with two attached hydrogens (primary N) is 1. The quantitative estimate of drug-likeness (QED) is 0.280.